The van der Waals surface area contributed by atoms with Crippen molar-refractivity contribution < 1.29 is 17.4 Å². The van der Waals surface area contributed by atoms with Gasteiger partial charge in [0.1, 0.15) is 5.76 Å². The molecule has 0 N–H and O–H groups in total. The highest BCUT2D eigenvalue weighted by molar-refractivity contribution is 7.86. The van der Waals surface area contributed by atoms with Crippen molar-refractivity contribution in [3.05, 3.63) is 12.3 Å². The number of rotatable bonds is 0. The molecular formula is C5H7NO4S. The van der Waals surface area contributed by atoms with Crippen molar-refractivity contribution in [2.45, 2.75) is 6.10 Å². The molecule has 2 aliphatic rings. The average Bonchev–Trinajstić information content (AvgIpc) is 2.05. The third kappa shape index (κ3) is 1.13. The predicted molar refractivity (Wildman–Crippen MR) is 35.6 cm³/mol. The fourth-order valence-corrected chi connectivity index (χ4v) is 2.19. The summed E-state index contributed by atoms with van der Waals surface area (Å²) in [5.41, 5.74) is 0. The lowest BCUT2D eigenvalue weighted by Crippen LogP contribution is -2.36. The Bertz CT molecular complexity index is 296. The molecule has 11 heavy (non-hydrogen) atoms. The molecule has 6 heteroatoms. The van der Waals surface area contributed by atoms with Crippen molar-refractivity contribution in [2.24, 2.45) is 0 Å². The smallest absolute Gasteiger partial charge is 0.284 e. The summed E-state index contributed by atoms with van der Waals surface area (Å²) in [5.74, 6) is 0.161. The van der Waals surface area contributed by atoms with Crippen LogP contribution in [0.15, 0.2) is 12.3 Å². The Morgan fingerprint density at radius 2 is 2.36 bits per heavy atom. The maximum atomic E-state index is 10.9. The van der Waals surface area contributed by atoms with Gasteiger partial charge in [-0.3, -0.25) is 4.18 Å². The second-order valence-electron chi connectivity index (χ2n) is 2.49. The van der Waals surface area contributed by atoms with Crippen molar-refractivity contribution in [3.63, 3.8) is 0 Å². The minimum absolute atomic E-state index is 0.206. The van der Waals surface area contributed by atoms with Crippen LogP contribution in [0.2, 0.25) is 0 Å². The summed E-state index contributed by atoms with van der Waals surface area (Å²) in [7, 11) is -3.41. The van der Waals surface area contributed by atoms with Gasteiger partial charge in [0.2, 0.25) is 0 Å². The van der Waals surface area contributed by atoms with Gasteiger partial charge in [-0.05, 0) is 0 Å². The van der Waals surface area contributed by atoms with E-state index in [1.165, 1.54) is 5.06 Å². The van der Waals surface area contributed by atoms with E-state index in [4.69, 9.17) is 4.84 Å². The number of hydrogen-bond acceptors (Lipinski definition) is 5. The van der Waals surface area contributed by atoms with Gasteiger partial charge in [0.15, 0.2) is 12.0 Å². The number of fused-ring (bicyclic) bond motifs is 2. The van der Waals surface area contributed by atoms with Crippen LogP contribution in [0.3, 0.4) is 0 Å². The Morgan fingerprint density at radius 1 is 1.64 bits per heavy atom. The first-order valence-electron chi connectivity index (χ1n) is 3.09. The lowest BCUT2D eigenvalue weighted by atomic mass is 10.3. The van der Waals surface area contributed by atoms with Gasteiger partial charge in [-0.25, -0.2) is 0 Å². The van der Waals surface area contributed by atoms with E-state index in [0.717, 1.165) is 0 Å². The molecule has 0 saturated carbocycles. The highest BCUT2D eigenvalue weighted by Gasteiger charge is 2.40. The third-order valence-corrected chi connectivity index (χ3v) is 2.67. The van der Waals surface area contributed by atoms with Crippen molar-refractivity contribution in [1.29, 1.82) is 0 Å². The van der Waals surface area contributed by atoms with Crippen LogP contribution in [0.1, 0.15) is 0 Å². The quantitative estimate of drug-likeness (QED) is 0.464. The maximum Gasteiger partial charge on any atom is 0.284 e. The zero-order valence-electron chi connectivity index (χ0n) is 5.69. The Hall–Kier alpha value is -0.590. The van der Waals surface area contributed by atoms with Crippen LogP contribution in [0.5, 0.6) is 0 Å². The molecule has 2 heterocycles. The first kappa shape index (κ1) is 7.08. The van der Waals surface area contributed by atoms with Crippen LogP contribution in [0, 0.1) is 0 Å². The summed E-state index contributed by atoms with van der Waals surface area (Å²) in [4.78, 5) is 4.96. The van der Waals surface area contributed by atoms with E-state index >= 15 is 0 Å². The topological polar surface area (TPSA) is 55.8 Å². The molecule has 2 saturated heterocycles. The highest BCUT2D eigenvalue weighted by atomic mass is 32.2. The standard InChI is InChI=1S/C5H7NO4S/c1-4-5-2-6(9-4)3-11(7,8)10-5/h5H,1-3H2. The number of nitrogens with zero attached hydrogens (tertiary/aromatic N) is 1. The van der Waals surface area contributed by atoms with Crippen molar-refractivity contribution in [2.75, 3.05) is 12.4 Å². The van der Waals surface area contributed by atoms with Gasteiger partial charge < -0.3 is 4.84 Å². The van der Waals surface area contributed by atoms with Gasteiger partial charge in [-0.2, -0.15) is 8.42 Å². The fourth-order valence-electron chi connectivity index (χ4n) is 1.10. The van der Waals surface area contributed by atoms with Crippen LogP contribution in [0.25, 0.3) is 0 Å². The minimum atomic E-state index is -3.41. The molecule has 0 aromatic heterocycles. The maximum absolute atomic E-state index is 10.9. The van der Waals surface area contributed by atoms with E-state index in [9.17, 15) is 8.42 Å². The molecule has 2 atom stereocenters. The summed E-state index contributed by atoms with van der Waals surface area (Å²) in [6.45, 7) is 3.97. The molecule has 2 aliphatic heterocycles. The minimum Gasteiger partial charge on any atom is -0.407 e. The van der Waals surface area contributed by atoms with E-state index in [1.807, 2.05) is 0 Å². The normalized spacial score (nSPS) is 40.2. The van der Waals surface area contributed by atoms with E-state index in [0.29, 0.717) is 12.3 Å². The second-order valence-corrected chi connectivity index (χ2v) is 4.06. The van der Waals surface area contributed by atoms with Gasteiger partial charge in [0.05, 0.1) is 6.54 Å². The molecule has 2 fully saturated rings. The summed E-state index contributed by atoms with van der Waals surface area (Å²) < 4.78 is 26.4. The molecule has 2 rings (SSSR count). The van der Waals surface area contributed by atoms with E-state index in [-0.39, 0.29) is 5.88 Å². The van der Waals surface area contributed by atoms with Crippen molar-refractivity contribution >= 4 is 10.1 Å². The molecular weight excluding hydrogens is 170 g/mol. The molecule has 62 valence electrons. The third-order valence-electron chi connectivity index (χ3n) is 1.54. The summed E-state index contributed by atoms with van der Waals surface area (Å²) >= 11 is 0. The zero-order valence-corrected chi connectivity index (χ0v) is 6.50. The lowest BCUT2D eigenvalue weighted by molar-refractivity contribution is -0.0643. The summed E-state index contributed by atoms with van der Waals surface area (Å²) in [6, 6.07) is 0. The molecule has 0 aromatic carbocycles. The average molecular weight is 177 g/mol. The SMILES string of the molecule is C=C1ON2CC1OS(=O)(=O)C2. The second kappa shape index (κ2) is 1.96. The summed E-state index contributed by atoms with van der Waals surface area (Å²) in [6.07, 6.45) is -0.506. The molecule has 0 aliphatic carbocycles. The van der Waals surface area contributed by atoms with E-state index in [2.05, 4.69) is 10.8 Å². The molecule has 2 bridgehead atoms. The Labute approximate surface area is 64.3 Å². The van der Waals surface area contributed by atoms with Crippen LogP contribution >= 0.6 is 0 Å². The molecule has 0 radical (unpaired) electrons. The molecule has 0 spiro atoms. The van der Waals surface area contributed by atoms with Crippen LogP contribution < -0.4 is 0 Å². The Morgan fingerprint density at radius 3 is 3.00 bits per heavy atom. The molecule has 5 nitrogen and oxygen atoms in total. The van der Waals surface area contributed by atoms with E-state index < -0.39 is 16.2 Å². The van der Waals surface area contributed by atoms with Crippen molar-refractivity contribution in [1.82, 2.24) is 5.06 Å². The van der Waals surface area contributed by atoms with Crippen LogP contribution in [-0.4, -0.2) is 32.0 Å². The monoisotopic (exact) mass is 177 g/mol. The first-order chi connectivity index (χ1) is 5.07. The molecule has 0 amide bonds. The fraction of sp³-hybridized carbons (Fsp3) is 0.600. The largest absolute Gasteiger partial charge is 0.407 e. The zero-order chi connectivity index (χ0) is 8.06. The Kier molecular flexibility index (Phi) is 1.26. The number of hydroxylamine groups is 2. The van der Waals surface area contributed by atoms with Crippen LogP contribution in [0.4, 0.5) is 0 Å². The molecule has 2 unspecified atom stereocenters. The van der Waals surface area contributed by atoms with Crippen LogP contribution in [-0.2, 0) is 19.1 Å². The predicted octanol–water partition coefficient (Wildman–Crippen LogP) is -0.567. The summed E-state index contributed by atoms with van der Waals surface area (Å²) in [5, 5.41) is 1.33. The Balaban J connectivity index is 2.32. The molecule has 0 aromatic rings. The van der Waals surface area contributed by atoms with Gasteiger partial charge >= 0.3 is 0 Å². The van der Waals surface area contributed by atoms with Gasteiger partial charge in [0.25, 0.3) is 10.1 Å². The first-order valence-corrected chi connectivity index (χ1v) is 4.67. The number of hydrogen-bond donors (Lipinski definition) is 0. The van der Waals surface area contributed by atoms with E-state index in [1.54, 1.807) is 0 Å². The van der Waals surface area contributed by atoms with Gasteiger partial charge in [-0.15, -0.1) is 5.06 Å². The highest BCUT2D eigenvalue weighted by Crippen LogP contribution is 2.26. The lowest BCUT2D eigenvalue weighted by Gasteiger charge is -2.17. The van der Waals surface area contributed by atoms with Crippen molar-refractivity contribution in [3.8, 4) is 0 Å². The van der Waals surface area contributed by atoms with Gasteiger partial charge in [0, 0.05) is 0 Å². The van der Waals surface area contributed by atoms with Gasteiger partial charge in [-0.1, -0.05) is 6.58 Å².